The highest BCUT2D eigenvalue weighted by atomic mass is 16.3. The first kappa shape index (κ1) is 12.2. The van der Waals surface area contributed by atoms with Gasteiger partial charge < -0.3 is 5.11 Å². The Morgan fingerprint density at radius 3 is 2.89 bits per heavy atom. The van der Waals surface area contributed by atoms with E-state index in [9.17, 15) is 5.11 Å². The van der Waals surface area contributed by atoms with Gasteiger partial charge in [0.15, 0.2) is 0 Å². The van der Waals surface area contributed by atoms with Gasteiger partial charge in [0.25, 0.3) is 0 Å². The molecule has 4 aliphatic carbocycles. The van der Waals surface area contributed by atoms with Crippen LogP contribution in [0.3, 0.4) is 0 Å². The Balaban J connectivity index is 1.69. The summed E-state index contributed by atoms with van der Waals surface area (Å²) in [4.78, 5) is 0. The van der Waals surface area contributed by atoms with E-state index in [2.05, 4.69) is 13.0 Å². The van der Waals surface area contributed by atoms with Crippen molar-refractivity contribution in [2.24, 2.45) is 17.3 Å². The predicted molar refractivity (Wildman–Crippen MR) is 77.8 cm³/mol. The molecule has 1 heteroatoms. The van der Waals surface area contributed by atoms with E-state index in [0.717, 1.165) is 12.3 Å². The van der Waals surface area contributed by atoms with Crippen molar-refractivity contribution in [2.75, 3.05) is 0 Å². The van der Waals surface area contributed by atoms with Crippen LogP contribution in [0.2, 0.25) is 0 Å². The van der Waals surface area contributed by atoms with Crippen LogP contribution in [0, 0.1) is 17.3 Å². The molecule has 4 atom stereocenters. The Labute approximate surface area is 116 Å². The van der Waals surface area contributed by atoms with E-state index in [1.807, 2.05) is 5.57 Å². The zero-order chi connectivity index (χ0) is 13.0. The van der Waals surface area contributed by atoms with Crippen LogP contribution in [0.5, 0.6) is 0 Å². The highest BCUT2D eigenvalue weighted by Gasteiger charge is 2.52. The van der Waals surface area contributed by atoms with Crippen LogP contribution in [0.4, 0.5) is 0 Å². The van der Waals surface area contributed by atoms with Crippen molar-refractivity contribution in [3.63, 3.8) is 0 Å². The zero-order valence-electron chi connectivity index (χ0n) is 12.1. The van der Waals surface area contributed by atoms with Crippen molar-refractivity contribution < 1.29 is 5.11 Å². The molecule has 0 spiro atoms. The van der Waals surface area contributed by atoms with Gasteiger partial charge in [0.05, 0.1) is 6.10 Å². The summed E-state index contributed by atoms with van der Waals surface area (Å²) >= 11 is 0. The average molecular weight is 258 g/mol. The van der Waals surface area contributed by atoms with Crippen molar-refractivity contribution in [1.29, 1.82) is 0 Å². The standard InChI is InChI=1S/C18H26O/c1-18-11-10-14-13-5-3-2-4-12(13)6-7-15(14)16(18)8-9-17(18)19/h7,14,16-17,19H,2-6,8-11H2,1H3/t14-,16+,17?,18?/m1/s1. The molecule has 0 bridgehead atoms. The van der Waals surface area contributed by atoms with E-state index < -0.39 is 0 Å². The fourth-order valence-electron chi connectivity index (χ4n) is 5.52. The number of rotatable bonds is 0. The molecule has 0 aromatic carbocycles. The molecule has 2 unspecified atom stereocenters. The number of allylic oxidation sites excluding steroid dienone is 4. The van der Waals surface area contributed by atoms with Crippen LogP contribution in [0.25, 0.3) is 0 Å². The predicted octanol–water partition coefficient (Wildman–Crippen LogP) is 4.37. The molecule has 4 rings (SSSR count). The average Bonchev–Trinajstić information content (AvgIpc) is 2.75. The minimum absolute atomic E-state index is 0.0546. The van der Waals surface area contributed by atoms with Crippen LogP contribution in [0.15, 0.2) is 22.8 Å². The molecule has 4 aliphatic rings. The molecule has 0 amide bonds. The largest absolute Gasteiger partial charge is 0.393 e. The molecule has 0 aromatic rings. The van der Waals surface area contributed by atoms with Crippen LogP contribution in [0.1, 0.15) is 64.7 Å². The summed E-state index contributed by atoms with van der Waals surface area (Å²) in [6.07, 6.45) is 14.1. The van der Waals surface area contributed by atoms with E-state index in [4.69, 9.17) is 0 Å². The summed E-state index contributed by atoms with van der Waals surface area (Å²) in [5.41, 5.74) is 5.52. The maximum atomic E-state index is 10.4. The summed E-state index contributed by atoms with van der Waals surface area (Å²) < 4.78 is 0. The molecular formula is C18H26O. The van der Waals surface area contributed by atoms with Gasteiger partial charge in [-0.05, 0) is 63.7 Å². The van der Waals surface area contributed by atoms with Gasteiger partial charge >= 0.3 is 0 Å². The molecule has 2 saturated carbocycles. The van der Waals surface area contributed by atoms with Crippen molar-refractivity contribution in [2.45, 2.75) is 70.8 Å². The maximum Gasteiger partial charge on any atom is 0.0599 e. The van der Waals surface area contributed by atoms with Crippen LogP contribution in [-0.2, 0) is 0 Å². The van der Waals surface area contributed by atoms with Crippen molar-refractivity contribution in [1.82, 2.24) is 0 Å². The van der Waals surface area contributed by atoms with Gasteiger partial charge in [-0.15, -0.1) is 0 Å². The highest BCUT2D eigenvalue weighted by Crippen LogP contribution is 2.59. The second-order valence-corrected chi connectivity index (χ2v) is 7.49. The Morgan fingerprint density at radius 2 is 2.00 bits per heavy atom. The van der Waals surface area contributed by atoms with Crippen molar-refractivity contribution in [3.8, 4) is 0 Å². The SMILES string of the molecule is CC12CC[C@H]3C(=CCC4=C3CCCC4)[C@@H]1CCC2O. The van der Waals surface area contributed by atoms with Crippen molar-refractivity contribution in [3.05, 3.63) is 22.8 Å². The summed E-state index contributed by atoms with van der Waals surface area (Å²) in [7, 11) is 0. The lowest BCUT2D eigenvalue weighted by atomic mass is 9.58. The third kappa shape index (κ3) is 1.63. The lowest BCUT2D eigenvalue weighted by Gasteiger charge is -2.47. The second kappa shape index (κ2) is 4.22. The molecule has 0 saturated heterocycles. The summed E-state index contributed by atoms with van der Waals surface area (Å²) in [5.74, 6) is 1.45. The smallest absolute Gasteiger partial charge is 0.0599 e. The minimum Gasteiger partial charge on any atom is -0.393 e. The Morgan fingerprint density at radius 1 is 1.16 bits per heavy atom. The number of hydrogen-bond acceptors (Lipinski definition) is 1. The van der Waals surface area contributed by atoms with Gasteiger partial charge in [0, 0.05) is 11.3 Å². The van der Waals surface area contributed by atoms with Gasteiger partial charge in [-0.2, -0.15) is 0 Å². The lowest BCUT2D eigenvalue weighted by Crippen LogP contribution is -2.40. The van der Waals surface area contributed by atoms with Gasteiger partial charge in [-0.3, -0.25) is 0 Å². The Kier molecular flexibility index (Phi) is 2.71. The molecule has 0 aromatic heterocycles. The number of aliphatic hydroxyl groups excluding tert-OH is 1. The van der Waals surface area contributed by atoms with E-state index in [1.165, 1.54) is 51.4 Å². The van der Waals surface area contributed by atoms with Crippen molar-refractivity contribution >= 4 is 0 Å². The fourth-order valence-corrected chi connectivity index (χ4v) is 5.52. The van der Waals surface area contributed by atoms with E-state index in [0.29, 0.717) is 5.92 Å². The first-order valence-corrected chi connectivity index (χ1v) is 8.29. The third-order valence-corrected chi connectivity index (χ3v) is 6.70. The minimum atomic E-state index is -0.0546. The molecule has 104 valence electrons. The maximum absolute atomic E-state index is 10.4. The van der Waals surface area contributed by atoms with Gasteiger partial charge in [0.1, 0.15) is 0 Å². The molecule has 0 radical (unpaired) electrons. The van der Waals surface area contributed by atoms with Crippen LogP contribution < -0.4 is 0 Å². The quantitative estimate of drug-likeness (QED) is 0.639. The monoisotopic (exact) mass is 258 g/mol. The highest BCUT2D eigenvalue weighted by molar-refractivity contribution is 5.38. The molecule has 0 heterocycles. The molecule has 1 N–H and O–H groups in total. The first-order valence-electron chi connectivity index (χ1n) is 8.29. The Bertz CT molecular complexity index is 458. The number of aliphatic hydroxyl groups is 1. The normalized spacial score (nSPS) is 45.4. The van der Waals surface area contributed by atoms with Crippen LogP contribution >= 0.6 is 0 Å². The molecule has 1 nitrogen and oxygen atoms in total. The van der Waals surface area contributed by atoms with E-state index in [-0.39, 0.29) is 11.5 Å². The van der Waals surface area contributed by atoms with Gasteiger partial charge in [0.2, 0.25) is 0 Å². The summed E-state index contributed by atoms with van der Waals surface area (Å²) in [6, 6.07) is 0. The molecular weight excluding hydrogens is 232 g/mol. The first-order chi connectivity index (χ1) is 9.20. The zero-order valence-corrected chi connectivity index (χ0v) is 12.1. The molecule has 0 aliphatic heterocycles. The summed E-state index contributed by atoms with van der Waals surface area (Å²) in [5, 5.41) is 10.4. The molecule has 19 heavy (non-hydrogen) atoms. The fraction of sp³-hybridized carbons (Fsp3) is 0.778. The number of fused-ring (bicyclic) bond motifs is 4. The lowest BCUT2D eigenvalue weighted by molar-refractivity contribution is 0.0236. The van der Waals surface area contributed by atoms with Gasteiger partial charge in [-0.25, -0.2) is 0 Å². The topological polar surface area (TPSA) is 20.2 Å². The third-order valence-electron chi connectivity index (χ3n) is 6.70. The molecule has 2 fully saturated rings. The summed E-state index contributed by atoms with van der Waals surface area (Å²) in [6.45, 7) is 2.34. The Hall–Kier alpha value is -0.560. The second-order valence-electron chi connectivity index (χ2n) is 7.49. The van der Waals surface area contributed by atoms with E-state index in [1.54, 1.807) is 11.1 Å². The van der Waals surface area contributed by atoms with Crippen LogP contribution in [-0.4, -0.2) is 11.2 Å². The number of hydrogen-bond donors (Lipinski definition) is 1. The van der Waals surface area contributed by atoms with Gasteiger partial charge in [-0.1, -0.05) is 29.7 Å². The van der Waals surface area contributed by atoms with E-state index >= 15 is 0 Å².